The first kappa shape index (κ1) is 26.7. The normalized spacial score (nSPS) is 16.4. The molecule has 1 atom stereocenters. The van der Waals surface area contributed by atoms with Crippen LogP contribution in [0.1, 0.15) is 23.2 Å². The SMILES string of the molecule is Cc1cc(N2CCNC(CC(=O)N(CCc3ccc4c(c3)OCCO4)Cc3cccnc3)C2)nc(-n2ccnc2)n1. The number of carbonyl (C=O) groups excluding carboxylic acids is 1. The molecule has 1 unspecified atom stereocenters. The summed E-state index contributed by atoms with van der Waals surface area (Å²) in [5.41, 5.74) is 2.99. The maximum atomic E-state index is 13.7. The second-order valence-electron chi connectivity index (χ2n) is 10.3. The maximum Gasteiger partial charge on any atom is 0.237 e. The summed E-state index contributed by atoms with van der Waals surface area (Å²) in [6.45, 7) is 6.41. The summed E-state index contributed by atoms with van der Waals surface area (Å²) in [5.74, 6) is 3.08. The maximum absolute atomic E-state index is 13.7. The van der Waals surface area contributed by atoms with Gasteiger partial charge in [-0.25, -0.2) is 9.97 Å². The number of imidazole rings is 1. The third kappa shape index (κ3) is 6.63. The van der Waals surface area contributed by atoms with Crippen molar-refractivity contribution in [2.75, 3.05) is 44.3 Å². The first-order valence-electron chi connectivity index (χ1n) is 14.0. The second-order valence-corrected chi connectivity index (χ2v) is 10.3. The number of hydrogen-bond donors (Lipinski definition) is 1. The molecule has 0 spiro atoms. The predicted octanol–water partition coefficient (Wildman–Crippen LogP) is 2.58. The molecule has 0 saturated carbocycles. The van der Waals surface area contributed by atoms with E-state index in [0.717, 1.165) is 47.2 Å². The Hall–Kier alpha value is -4.51. The van der Waals surface area contributed by atoms with Gasteiger partial charge in [0.25, 0.3) is 0 Å². The van der Waals surface area contributed by atoms with Gasteiger partial charge in [-0.15, -0.1) is 0 Å². The zero-order chi connectivity index (χ0) is 28.0. The van der Waals surface area contributed by atoms with Crippen molar-refractivity contribution in [2.45, 2.75) is 32.4 Å². The highest BCUT2D eigenvalue weighted by Crippen LogP contribution is 2.31. The van der Waals surface area contributed by atoms with Gasteiger partial charge in [-0.2, -0.15) is 4.98 Å². The van der Waals surface area contributed by atoms with Crippen molar-refractivity contribution in [3.8, 4) is 17.4 Å². The second kappa shape index (κ2) is 12.3. The van der Waals surface area contributed by atoms with Crippen LogP contribution in [-0.2, 0) is 17.8 Å². The largest absolute Gasteiger partial charge is 0.486 e. The van der Waals surface area contributed by atoms with E-state index in [-0.39, 0.29) is 11.9 Å². The van der Waals surface area contributed by atoms with Crippen molar-refractivity contribution in [3.63, 3.8) is 0 Å². The van der Waals surface area contributed by atoms with Crippen LogP contribution in [0.2, 0.25) is 0 Å². The van der Waals surface area contributed by atoms with E-state index < -0.39 is 0 Å². The molecule has 11 heteroatoms. The first-order valence-corrected chi connectivity index (χ1v) is 14.0. The molecule has 0 bridgehead atoms. The van der Waals surface area contributed by atoms with Gasteiger partial charge in [0, 0.05) is 81.7 Å². The number of aromatic nitrogens is 5. The average Bonchev–Trinajstić information content (AvgIpc) is 3.55. The number of amides is 1. The monoisotopic (exact) mass is 554 g/mol. The van der Waals surface area contributed by atoms with Crippen molar-refractivity contribution >= 4 is 11.7 Å². The highest BCUT2D eigenvalue weighted by Gasteiger charge is 2.26. The number of anilines is 1. The average molecular weight is 555 g/mol. The van der Waals surface area contributed by atoms with E-state index in [4.69, 9.17) is 14.5 Å². The lowest BCUT2D eigenvalue weighted by atomic mass is 10.1. The summed E-state index contributed by atoms with van der Waals surface area (Å²) >= 11 is 0. The molecule has 0 aliphatic carbocycles. The summed E-state index contributed by atoms with van der Waals surface area (Å²) in [6.07, 6.45) is 9.90. The lowest BCUT2D eigenvalue weighted by Crippen LogP contribution is -2.53. The Balaban J connectivity index is 1.14. The summed E-state index contributed by atoms with van der Waals surface area (Å²) in [6, 6.07) is 11.9. The molecule has 1 fully saturated rings. The number of pyridine rings is 1. The molecule has 2 aliphatic rings. The van der Waals surface area contributed by atoms with Gasteiger partial charge in [0.05, 0.1) is 0 Å². The number of nitrogens with zero attached hydrogens (tertiary/aromatic N) is 7. The minimum Gasteiger partial charge on any atom is -0.486 e. The molecule has 5 heterocycles. The lowest BCUT2D eigenvalue weighted by molar-refractivity contribution is -0.132. The lowest BCUT2D eigenvalue weighted by Gasteiger charge is -2.35. The zero-order valence-electron chi connectivity index (χ0n) is 23.1. The number of carbonyl (C=O) groups is 1. The van der Waals surface area contributed by atoms with Gasteiger partial charge >= 0.3 is 0 Å². The van der Waals surface area contributed by atoms with Crippen molar-refractivity contribution in [2.24, 2.45) is 0 Å². The van der Waals surface area contributed by atoms with Crippen LogP contribution in [0.3, 0.4) is 0 Å². The molecule has 2 aliphatic heterocycles. The van der Waals surface area contributed by atoms with Crippen LogP contribution in [0.25, 0.3) is 5.95 Å². The molecule has 11 nitrogen and oxygen atoms in total. The van der Waals surface area contributed by atoms with Crippen LogP contribution >= 0.6 is 0 Å². The molecule has 1 amide bonds. The Bertz CT molecular complexity index is 1460. The van der Waals surface area contributed by atoms with E-state index in [2.05, 4.69) is 25.2 Å². The highest BCUT2D eigenvalue weighted by molar-refractivity contribution is 5.77. The Labute approximate surface area is 239 Å². The number of benzene rings is 1. The van der Waals surface area contributed by atoms with Gasteiger partial charge < -0.3 is 24.6 Å². The van der Waals surface area contributed by atoms with Gasteiger partial charge in [0.2, 0.25) is 11.9 Å². The number of fused-ring (bicyclic) bond motifs is 1. The standard InChI is InChI=1S/C30H34N8O3/c1-22-15-28(35-30(34-22)38-11-8-32-21-38)36-12-9-33-25(20-36)17-29(39)37(19-24-3-2-7-31-18-24)10-6-23-4-5-26-27(16-23)41-14-13-40-26/h2-5,7-8,11,15-16,18,21,25,33H,6,9-10,12-14,17,19-20H2,1H3. The first-order chi connectivity index (χ1) is 20.1. The van der Waals surface area contributed by atoms with Gasteiger partial charge in [-0.3, -0.25) is 14.3 Å². The third-order valence-corrected chi connectivity index (χ3v) is 7.29. The Morgan fingerprint density at radius 3 is 2.80 bits per heavy atom. The van der Waals surface area contributed by atoms with E-state index in [9.17, 15) is 4.79 Å². The fourth-order valence-corrected chi connectivity index (χ4v) is 5.21. The fraction of sp³-hybridized carbons (Fsp3) is 0.367. The zero-order valence-corrected chi connectivity index (χ0v) is 23.1. The van der Waals surface area contributed by atoms with Crippen LogP contribution in [0.15, 0.2) is 67.5 Å². The predicted molar refractivity (Wildman–Crippen MR) is 153 cm³/mol. The highest BCUT2D eigenvalue weighted by atomic mass is 16.6. The molecule has 4 aromatic rings. The summed E-state index contributed by atoms with van der Waals surface area (Å²) in [5, 5.41) is 3.54. The van der Waals surface area contributed by atoms with Crippen LogP contribution in [0.4, 0.5) is 5.82 Å². The quantitative estimate of drug-likeness (QED) is 0.334. The van der Waals surface area contributed by atoms with Crippen molar-refractivity contribution in [1.29, 1.82) is 0 Å². The minimum atomic E-state index is -0.00564. The topological polar surface area (TPSA) is 111 Å². The number of hydrogen-bond acceptors (Lipinski definition) is 9. The molecule has 0 radical (unpaired) electrons. The Morgan fingerprint density at radius 1 is 1.07 bits per heavy atom. The molecule has 1 N–H and O–H groups in total. The Morgan fingerprint density at radius 2 is 1.98 bits per heavy atom. The number of nitrogens with one attached hydrogen (secondary N) is 1. The van der Waals surface area contributed by atoms with Gasteiger partial charge in [0.1, 0.15) is 25.4 Å². The molecular formula is C30H34N8O3. The molecule has 41 heavy (non-hydrogen) atoms. The van der Waals surface area contributed by atoms with Gasteiger partial charge in [0.15, 0.2) is 11.5 Å². The Kier molecular flexibility index (Phi) is 8.04. The smallest absolute Gasteiger partial charge is 0.237 e. The van der Waals surface area contributed by atoms with E-state index in [0.29, 0.717) is 51.6 Å². The molecule has 3 aromatic heterocycles. The van der Waals surface area contributed by atoms with Crippen molar-refractivity contribution < 1.29 is 14.3 Å². The molecular weight excluding hydrogens is 520 g/mol. The number of rotatable bonds is 9. The number of piperazine rings is 1. The van der Waals surface area contributed by atoms with Crippen LogP contribution < -0.4 is 19.7 Å². The third-order valence-electron chi connectivity index (χ3n) is 7.29. The molecule has 6 rings (SSSR count). The number of ether oxygens (including phenoxy) is 2. The van der Waals surface area contributed by atoms with Crippen LogP contribution in [-0.4, -0.2) is 80.7 Å². The fourth-order valence-electron chi connectivity index (χ4n) is 5.21. The van der Waals surface area contributed by atoms with Crippen LogP contribution in [0, 0.1) is 6.92 Å². The van der Waals surface area contributed by atoms with Gasteiger partial charge in [-0.05, 0) is 42.7 Å². The summed E-state index contributed by atoms with van der Waals surface area (Å²) in [4.78, 5) is 35.6. The minimum absolute atomic E-state index is 0.00564. The van der Waals surface area contributed by atoms with E-state index >= 15 is 0 Å². The molecule has 1 aromatic carbocycles. The van der Waals surface area contributed by atoms with E-state index in [1.807, 2.05) is 60.6 Å². The molecule has 1 saturated heterocycles. The van der Waals surface area contributed by atoms with Crippen molar-refractivity contribution in [1.82, 2.24) is 34.7 Å². The van der Waals surface area contributed by atoms with Gasteiger partial charge in [-0.1, -0.05) is 12.1 Å². The van der Waals surface area contributed by atoms with E-state index in [1.165, 1.54) is 0 Å². The summed E-state index contributed by atoms with van der Waals surface area (Å²) < 4.78 is 13.2. The van der Waals surface area contributed by atoms with Crippen LogP contribution in [0.5, 0.6) is 11.5 Å². The molecule has 212 valence electrons. The van der Waals surface area contributed by atoms with E-state index in [1.54, 1.807) is 23.3 Å². The number of aryl methyl sites for hydroxylation is 1. The van der Waals surface area contributed by atoms with Crippen molar-refractivity contribution in [3.05, 3.63) is 84.3 Å². The summed E-state index contributed by atoms with van der Waals surface area (Å²) in [7, 11) is 0.